The van der Waals surface area contributed by atoms with Crippen LogP contribution in [0.1, 0.15) is 32.6 Å². The van der Waals surface area contributed by atoms with Crippen LogP contribution in [-0.2, 0) is 4.79 Å². The molecule has 2 aliphatic heterocycles. The van der Waals surface area contributed by atoms with Crippen molar-refractivity contribution in [2.45, 2.75) is 44.7 Å². The highest BCUT2D eigenvalue weighted by Gasteiger charge is 2.26. The van der Waals surface area contributed by atoms with Gasteiger partial charge >= 0.3 is 0 Å². The topological polar surface area (TPSA) is 35.6 Å². The lowest BCUT2D eigenvalue weighted by Crippen LogP contribution is -2.48. The van der Waals surface area contributed by atoms with Crippen LogP contribution in [-0.4, -0.2) is 72.5 Å². The Bertz CT molecular complexity index is 299. The Hall–Kier alpha value is -0.260. The summed E-state index contributed by atoms with van der Waals surface area (Å²) in [5.74, 6) is 2.57. The Morgan fingerprint density at radius 2 is 2.15 bits per heavy atom. The molecule has 1 N–H and O–H groups in total. The van der Waals surface area contributed by atoms with Gasteiger partial charge in [0.15, 0.2) is 0 Å². The number of rotatable bonds is 5. The van der Waals surface area contributed by atoms with Crippen LogP contribution in [0.25, 0.3) is 0 Å². The molecular formula is C15H29N3OS. The van der Waals surface area contributed by atoms with Crippen molar-refractivity contribution in [2.75, 3.05) is 44.7 Å². The average Bonchev–Trinajstić information content (AvgIpc) is 2.48. The quantitative estimate of drug-likeness (QED) is 0.833. The second kappa shape index (κ2) is 8.25. The predicted molar refractivity (Wildman–Crippen MR) is 86.3 cm³/mol. The molecule has 5 heteroatoms. The highest BCUT2D eigenvalue weighted by Crippen LogP contribution is 2.18. The molecule has 2 saturated heterocycles. The molecule has 2 aliphatic rings. The van der Waals surface area contributed by atoms with Gasteiger partial charge in [-0.2, -0.15) is 11.8 Å². The number of carbonyl (C=O) groups is 1. The van der Waals surface area contributed by atoms with Crippen LogP contribution in [0.5, 0.6) is 0 Å². The van der Waals surface area contributed by atoms with E-state index in [1.165, 1.54) is 18.7 Å². The minimum atomic E-state index is 0.318. The van der Waals surface area contributed by atoms with Crippen molar-refractivity contribution < 1.29 is 4.79 Å². The van der Waals surface area contributed by atoms with Gasteiger partial charge in [-0.15, -0.1) is 0 Å². The molecule has 0 aromatic carbocycles. The minimum absolute atomic E-state index is 0.318. The first-order valence-corrected chi connectivity index (χ1v) is 9.15. The summed E-state index contributed by atoms with van der Waals surface area (Å²) < 4.78 is 0. The van der Waals surface area contributed by atoms with Crippen LogP contribution in [0.2, 0.25) is 0 Å². The molecule has 2 rings (SSSR count). The first kappa shape index (κ1) is 16.1. The maximum absolute atomic E-state index is 12.4. The van der Waals surface area contributed by atoms with Gasteiger partial charge in [-0.05, 0) is 25.8 Å². The molecule has 4 nitrogen and oxygen atoms in total. The second-order valence-electron chi connectivity index (χ2n) is 6.01. The lowest BCUT2D eigenvalue weighted by Gasteiger charge is -2.37. The summed E-state index contributed by atoms with van der Waals surface area (Å²) in [5.41, 5.74) is 0. The molecule has 0 radical (unpaired) electrons. The summed E-state index contributed by atoms with van der Waals surface area (Å²) in [5, 5.41) is 3.46. The predicted octanol–water partition coefficient (Wildman–Crippen LogP) is 1.41. The lowest BCUT2D eigenvalue weighted by atomic mass is 10.0. The van der Waals surface area contributed by atoms with Gasteiger partial charge in [0.2, 0.25) is 5.91 Å². The van der Waals surface area contributed by atoms with Crippen molar-refractivity contribution in [3.05, 3.63) is 0 Å². The molecule has 0 aliphatic carbocycles. The van der Waals surface area contributed by atoms with E-state index in [9.17, 15) is 4.79 Å². The monoisotopic (exact) mass is 299 g/mol. The fourth-order valence-corrected chi connectivity index (χ4v) is 4.10. The zero-order valence-corrected chi connectivity index (χ0v) is 13.8. The smallest absolute Gasteiger partial charge is 0.224 e. The SMILES string of the molecule is CCCN1CCC(N(C)C(=O)CC2CSCCN2)CC1. The summed E-state index contributed by atoms with van der Waals surface area (Å²) in [6.07, 6.45) is 4.16. The molecule has 2 heterocycles. The Balaban J connectivity index is 1.73. The van der Waals surface area contributed by atoms with Crippen LogP contribution >= 0.6 is 11.8 Å². The van der Waals surface area contributed by atoms with E-state index in [0.717, 1.165) is 38.2 Å². The van der Waals surface area contributed by atoms with Gasteiger partial charge in [0.05, 0.1) is 0 Å². The average molecular weight is 299 g/mol. The molecule has 1 amide bonds. The number of likely N-dealkylation sites (tertiary alicyclic amines) is 1. The molecule has 1 atom stereocenters. The number of thioether (sulfide) groups is 1. The van der Waals surface area contributed by atoms with Crippen molar-refractivity contribution in [2.24, 2.45) is 0 Å². The highest BCUT2D eigenvalue weighted by molar-refractivity contribution is 7.99. The van der Waals surface area contributed by atoms with Crippen molar-refractivity contribution in [1.82, 2.24) is 15.1 Å². The maximum atomic E-state index is 12.4. The van der Waals surface area contributed by atoms with E-state index in [1.807, 2.05) is 23.7 Å². The third-order valence-corrected chi connectivity index (χ3v) is 5.59. The zero-order chi connectivity index (χ0) is 14.4. The first-order valence-electron chi connectivity index (χ1n) is 8.00. The van der Waals surface area contributed by atoms with E-state index in [-0.39, 0.29) is 0 Å². The van der Waals surface area contributed by atoms with Crippen LogP contribution < -0.4 is 5.32 Å². The molecule has 116 valence electrons. The van der Waals surface area contributed by atoms with Gasteiger partial charge in [-0.3, -0.25) is 4.79 Å². The van der Waals surface area contributed by atoms with E-state index in [1.54, 1.807) is 0 Å². The van der Waals surface area contributed by atoms with Gasteiger partial charge in [0.25, 0.3) is 0 Å². The Morgan fingerprint density at radius 3 is 2.75 bits per heavy atom. The number of hydrogen-bond acceptors (Lipinski definition) is 4. The Morgan fingerprint density at radius 1 is 1.40 bits per heavy atom. The van der Waals surface area contributed by atoms with E-state index < -0.39 is 0 Å². The minimum Gasteiger partial charge on any atom is -0.343 e. The molecule has 0 saturated carbocycles. The lowest BCUT2D eigenvalue weighted by molar-refractivity contribution is -0.133. The molecule has 0 spiro atoms. The number of nitrogens with zero attached hydrogens (tertiary/aromatic N) is 2. The normalized spacial score (nSPS) is 25.6. The molecular weight excluding hydrogens is 270 g/mol. The third-order valence-electron chi connectivity index (χ3n) is 4.46. The molecule has 20 heavy (non-hydrogen) atoms. The van der Waals surface area contributed by atoms with Gasteiger partial charge in [0.1, 0.15) is 0 Å². The van der Waals surface area contributed by atoms with Crippen LogP contribution in [0, 0.1) is 0 Å². The highest BCUT2D eigenvalue weighted by atomic mass is 32.2. The van der Waals surface area contributed by atoms with Crippen LogP contribution in [0.15, 0.2) is 0 Å². The van der Waals surface area contributed by atoms with Crippen molar-refractivity contribution >= 4 is 17.7 Å². The summed E-state index contributed by atoms with van der Waals surface area (Å²) >= 11 is 1.96. The standard InChI is InChI=1S/C15H29N3OS/c1-3-7-18-8-4-14(5-9-18)17(2)15(19)11-13-12-20-10-6-16-13/h13-14,16H,3-12H2,1-2H3. The first-order chi connectivity index (χ1) is 9.70. The number of hydrogen-bond donors (Lipinski definition) is 1. The van der Waals surface area contributed by atoms with Crippen molar-refractivity contribution in [3.8, 4) is 0 Å². The Kier molecular flexibility index (Phi) is 6.65. The molecule has 0 bridgehead atoms. The molecule has 1 unspecified atom stereocenters. The summed E-state index contributed by atoms with van der Waals surface area (Å²) in [7, 11) is 2.00. The maximum Gasteiger partial charge on any atom is 0.224 e. The zero-order valence-electron chi connectivity index (χ0n) is 12.9. The number of amides is 1. The molecule has 0 aromatic heterocycles. The van der Waals surface area contributed by atoms with Crippen LogP contribution in [0.3, 0.4) is 0 Å². The second-order valence-corrected chi connectivity index (χ2v) is 7.16. The third kappa shape index (κ3) is 4.64. The van der Waals surface area contributed by atoms with E-state index in [2.05, 4.69) is 17.1 Å². The van der Waals surface area contributed by atoms with Gasteiger partial charge in [0, 0.05) is 56.7 Å². The fraction of sp³-hybridized carbons (Fsp3) is 0.933. The summed E-state index contributed by atoms with van der Waals surface area (Å²) in [6, 6.07) is 0.829. The van der Waals surface area contributed by atoms with Gasteiger partial charge in [-0.1, -0.05) is 6.92 Å². The number of nitrogens with one attached hydrogen (secondary N) is 1. The largest absolute Gasteiger partial charge is 0.343 e. The van der Waals surface area contributed by atoms with Gasteiger partial charge < -0.3 is 15.1 Å². The van der Waals surface area contributed by atoms with Crippen LogP contribution in [0.4, 0.5) is 0 Å². The number of carbonyl (C=O) groups excluding carboxylic acids is 1. The fourth-order valence-electron chi connectivity index (χ4n) is 3.16. The van der Waals surface area contributed by atoms with Crippen molar-refractivity contribution in [3.63, 3.8) is 0 Å². The van der Waals surface area contributed by atoms with Gasteiger partial charge in [-0.25, -0.2) is 0 Å². The van der Waals surface area contributed by atoms with E-state index in [0.29, 0.717) is 24.4 Å². The van der Waals surface area contributed by atoms with Crippen molar-refractivity contribution in [1.29, 1.82) is 0 Å². The van der Waals surface area contributed by atoms with E-state index in [4.69, 9.17) is 0 Å². The molecule has 2 fully saturated rings. The number of piperidine rings is 1. The Labute approximate surface area is 127 Å². The summed E-state index contributed by atoms with van der Waals surface area (Å²) in [6.45, 7) is 6.77. The summed E-state index contributed by atoms with van der Waals surface area (Å²) in [4.78, 5) is 16.9. The molecule has 0 aromatic rings. The van der Waals surface area contributed by atoms with E-state index >= 15 is 0 Å².